The number of amides is 1. The number of nitrogens with one attached hydrogen (secondary N) is 1. The molecule has 9 heteroatoms. The number of esters is 1. The highest BCUT2D eigenvalue weighted by Gasteiger charge is 2.17. The molecule has 0 saturated heterocycles. The van der Waals surface area contributed by atoms with Crippen LogP contribution in [0.1, 0.15) is 22.8 Å². The second-order valence-corrected chi connectivity index (χ2v) is 8.74. The number of halogens is 2. The van der Waals surface area contributed by atoms with Crippen molar-refractivity contribution in [2.24, 2.45) is 5.10 Å². The van der Waals surface area contributed by atoms with E-state index in [9.17, 15) is 9.59 Å². The lowest BCUT2D eigenvalue weighted by molar-refractivity contribution is -0.127. The van der Waals surface area contributed by atoms with Crippen LogP contribution < -0.4 is 19.6 Å². The van der Waals surface area contributed by atoms with Gasteiger partial charge in [0.2, 0.25) is 0 Å². The summed E-state index contributed by atoms with van der Waals surface area (Å²) in [5.74, 6) is 0.0213. The number of hydrazone groups is 1. The molecule has 0 aliphatic rings. The molecule has 0 aromatic heterocycles. The van der Waals surface area contributed by atoms with E-state index in [1.165, 1.54) is 25.5 Å². The summed E-state index contributed by atoms with van der Waals surface area (Å²) in [5, 5.41) is 6.52. The summed E-state index contributed by atoms with van der Waals surface area (Å²) in [5.41, 5.74) is 3.24. The third kappa shape index (κ3) is 6.39. The smallest absolute Gasteiger partial charge is 0.345 e. The Morgan fingerprint density at radius 2 is 1.70 bits per heavy atom. The number of carbonyl (C=O) groups is 2. The van der Waals surface area contributed by atoms with Gasteiger partial charge in [0.15, 0.2) is 17.6 Å². The van der Waals surface area contributed by atoms with E-state index < -0.39 is 18.0 Å². The quantitative estimate of drug-likeness (QED) is 0.124. The first kappa shape index (κ1) is 26.0. The molecule has 1 amide bonds. The number of ether oxygens (including phenoxy) is 3. The second-order valence-electron chi connectivity index (χ2n) is 7.90. The number of hydrogen-bond acceptors (Lipinski definition) is 6. The zero-order valence-electron chi connectivity index (χ0n) is 19.9. The molecule has 37 heavy (non-hydrogen) atoms. The monoisotopic (exact) mass is 536 g/mol. The van der Waals surface area contributed by atoms with Crippen molar-refractivity contribution < 1.29 is 23.8 Å². The van der Waals surface area contributed by atoms with Crippen molar-refractivity contribution in [3.63, 3.8) is 0 Å². The number of fused-ring (bicyclic) bond motifs is 1. The van der Waals surface area contributed by atoms with Crippen molar-refractivity contribution in [3.05, 3.63) is 100 Å². The van der Waals surface area contributed by atoms with Gasteiger partial charge in [0, 0.05) is 10.4 Å². The van der Waals surface area contributed by atoms with Gasteiger partial charge in [-0.25, -0.2) is 10.2 Å². The lowest BCUT2D eigenvalue weighted by Gasteiger charge is -2.14. The van der Waals surface area contributed by atoms with Gasteiger partial charge in [0.1, 0.15) is 5.75 Å². The van der Waals surface area contributed by atoms with Crippen LogP contribution in [0.15, 0.2) is 84.0 Å². The minimum absolute atomic E-state index is 0.168. The Kier molecular flexibility index (Phi) is 8.28. The maximum atomic E-state index is 12.5. The summed E-state index contributed by atoms with van der Waals surface area (Å²) >= 11 is 12.0. The van der Waals surface area contributed by atoms with Gasteiger partial charge in [-0.15, -0.1) is 0 Å². The molecule has 7 nitrogen and oxygen atoms in total. The molecule has 0 saturated carbocycles. The van der Waals surface area contributed by atoms with Crippen LogP contribution in [0.2, 0.25) is 10.0 Å². The van der Waals surface area contributed by atoms with Crippen molar-refractivity contribution >= 4 is 52.1 Å². The molecule has 0 heterocycles. The molecule has 4 rings (SSSR count). The summed E-state index contributed by atoms with van der Waals surface area (Å²) in [6, 6.07) is 22.7. The molecule has 0 aliphatic heterocycles. The Balaban J connectivity index is 1.38. The van der Waals surface area contributed by atoms with Crippen molar-refractivity contribution in [3.8, 4) is 17.2 Å². The Morgan fingerprint density at radius 1 is 0.919 bits per heavy atom. The van der Waals surface area contributed by atoms with Crippen molar-refractivity contribution in [1.29, 1.82) is 0 Å². The maximum absolute atomic E-state index is 12.5. The summed E-state index contributed by atoms with van der Waals surface area (Å²) in [4.78, 5) is 25.0. The fourth-order valence-corrected chi connectivity index (χ4v) is 3.95. The number of hydrogen-bond donors (Lipinski definition) is 1. The molecule has 0 aliphatic carbocycles. The lowest BCUT2D eigenvalue weighted by atomic mass is 10.1. The van der Waals surface area contributed by atoms with Gasteiger partial charge in [-0.2, -0.15) is 5.10 Å². The van der Waals surface area contributed by atoms with Crippen LogP contribution in [0.25, 0.3) is 10.8 Å². The average Bonchev–Trinajstić information content (AvgIpc) is 2.89. The van der Waals surface area contributed by atoms with Crippen LogP contribution in [0.5, 0.6) is 17.2 Å². The van der Waals surface area contributed by atoms with E-state index in [1.807, 2.05) is 42.5 Å². The summed E-state index contributed by atoms with van der Waals surface area (Å²) in [7, 11) is 1.44. The summed E-state index contributed by atoms with van der Waals surface area (Å²) in [6.45, 7) is 1.64. The topological polar surface area (TPSA) is 86.2 Å². The van der Waals surface area contributed by atoms with Crippen LogP contribution in [-0.4, -0.2) is 31.3 Å². The van der Waals surface area contributed by atoms with Gasteiger partial charge in [0.25, 0.3) is 5.91 Å². The molecule has 0 spiro atoms. The lowest BCUT2D eigenvalue weighted by Crippen LogP contribution is -2.33. The van der Waals surface area contributed by atoms with E-state index in [0.717, 1.165) is 10.8 Å². The normalized spacial score (nSPS) is 11.8. The molecule has 0 fully saturated rings. The van der Waals surface area contributed by atoms with E-state index >= 15 is 0 Å². The molecule has 1 unspecified atom stereocenters. The first-order valence-corrected chi connectivity index (χ1v) is 11.9. The SMILES string of the molecule is COc1cc(/C=N/NC(=O)C(C)Oc2cccc3ccccc23)ccc1OC(=O)c1ccc(Cl)cc1Cl. The van der Waals surface area contributed by atoms with E-state index in [2.05, 4.69) is 10.5 Å². The summed E-state index contributed by atoms with van der Waals surface area (Å²) in [6.07, 6.45) is 0.658. The van der Waals surface area contributed by atoms with E-state index in [4.69, 9.17) is 37.4 Å². The molecule has 4 aromatic carbocycles. The Morgan fingerprint density at radius 3 is 2.49 bits per heavy atom. The average molecular weight is 537 g/mol. The van der Waals surface area contributed by atoms with Crippen LogP contribution >= 0.6 is 23.2 Å². The highest BCUT2D eigenvalue weighted by Crippen LogP contribution is 2.30. The van der Waals surface area contributed by atoms with Crippen LogP contribution in [0, 0.1) is 0 Å². The number of carbonyl (C=O) groups excluding carboxylic acids is 2. The van der Waals surface area contributed by atoms with Gasteiger partial charge in [-0.05, 0) is 60.3 Å². The maximum Gasteiger partial charge on any atom is 0.345 e. The number of methoxy groups -OCH3 is 1. The third-order valence-electron chi connectivity index (χ3n) is 5.35. The molecule has 4 aromatic rings. The van der Waals surface area contributed by atoms with Gasteiger partial charge in [0.05, 0.1) is 23.9 Å². The predicted molar refractivity (Wildman–Crippen MR) is 144 cm³/mol. The number of benzene rings is 4. The van der Waals surface area contributed by atoms with E-state index in [1.54, 1.807) is 31.2 Å². The number of rotatable bonds is 8. The predicted octanol–water partition coefficient (Wildman–Crippen LogP) is 6.29. The van der Waals surface area contributed by atoms with E-state index in [-0.39, 0.29) is 16.3 Å². The van der Waals surface area contributed by atoms with Gasteiger partial charge < -0.3 is 14.2 Å². The fourth-order valence-electron chi connectivity index (χ4n) is 3.46. The highest BCUT2D eigenvalue weighted by atomic mass is 35.5. The first-order valence-electron chi connectivity index (χ1n) is 11.2. The minimum Gasteiger partial charge on any atom is -0.493 e. The zero-order chi connectivity index (χ0) is 26.4. The van der Waals surface area contributed by atoms with Crippen molar-refractivity contribution in [2.75, 3.05) is 7.11 Å². The third-order valence-corrected chi connectivity index (χ3v) is 5.90. The Labute approximate surface area is 223 Å². The highest BCUT2D eigenvalue weighted by molar-refractivity contribution is 6.36. The Hall–Kier alpha value is -4.07. The van der Waals surface area contributed by atoms with Crippen LogP contribution in [-0.2, 0) is 4.79 Å². The standard InChI is InChI=1S/C28H22Cl2N2O5/c1-17(36-24-9-5-7-19-6-3-4-8-21(19)24)27(33)32-31-16-18-10-13-25(26(14-18)35-2)37-28(34)22-12-11-20(29)15-23(22)30/h3-17H,1-2H3,(H,32,33)/b31-16+. The van der Waals surface area contributed by atoms with Crippen molar-refractivity contribution in [2.45, 2.75) is 13.0 Å². The number of nitrogens with zero attached hydrogens (tertiary/aromatic N) is 1. The second kappa shape index (κ2) is 11.8. The molecule has 188 valence electrons. The van der Waals surface area contributed by atoms with Gasteiger partial charge >= 0.3 is 5.97 Å². The zero-order valence-corrected chi connectivity index (χ0v) is 21.4. The van der Waals surface area contributed by atoms with Gasteiger partial charge in [-0.3, -0.25) is 4.79 Å². The minimum atomic E-state index is -0.779. The molecule has 0 bridgehead atoms. The van der Waals surface area contributed by atoms with Crippen LogP contribution in [0.4, 0.5) is 0 Å². The fraction of sp³-hybridized carbons (Fsp3) is 0.107. The van der Waals surface area contributed by atoms with Crippen molar-refractivity contribution in [1.82, 2.24) is 5.43 Å². The molecular weight excluding hydrogens is 515 g/mol. The largest absolute Gasteiger partial charge is 0.493 e. The van der Waals surface area contributed by atoms with Crippen LogP contribution in [0.3, 0.4) is 0 Å². The molecule has 1 atom stereocenters. The molecular formula is C28H22Cl2N2O5. The van der Waals surface area contributed by atoms with Gasteiger partial charge in [-0.1, -0.05) is 59.6 Å². The summed E-state index contributed by atoms with van der Waals surface area (Å²) < 4.78 is 16.6. The molecule has 0 radical (unpaired) electrons. The Bertz CT molecular complexity index is 1480. The first-order chi connectivity index (χ1) is 17.9. The van der Waals surface area contributed by atoms with E-state index in [0.29, 0.717) is 22.1 Å². The molecule has 1 N–H and O–H groups in total.